The molecular formula is C35H49KN4O7Si. The summed E-state index contributed by atoms with van der Waals surface area (Å²) in [5.74, 6) is 6.98. The van der Waals surface area contributed by atoms with Crippen LogP contribution in [0.5, 0.6) is 11.5 Å². The van der Waals surface area contributed by atoms with E-state index >= 15 is 0 Å². The van der Waals surface area contributed by atoms with Gasteiger partial charge in [-0.2, -0.15) is 0 Å². The molecule has 256 valence electrons. The van der Waals surface area contributed by atoms with E-state index in [1.807, 2.05) is 47.6 Å². The minimum Gasteiger partial charge on any atom is -0.870 e. The van der Waals surface area contributed by atoms with Gasteiger partial charge in [0.15, 0.2) is 0 Å². The Bertz CT molecular complexity index is 1470. The Morgan fingerprint density at radius 1 is 0.812 bits per heavy atom. The maximum Gasteiger partial charge on any atom is 1.00 e. The summed E-state index contributed by atoms with van der Waals surface area (Å²) in [6.45, 7) is 20.0. The van der Waals surface area contributed by atoms with E-state index in [0.717, 1.165) is 18.4 Å². The average Bonchev–Trinajstić information content (AvgIpc) is 2.89. The van der Waals surface area contributed by atoms with Crippen molar-refractivity contribution in [2.45, 2.75) is 97.3 Å². The third-order valence-corrected chi connectivity index (χ3v) is 7.48. The van der Waals surface area contributed by atoms with Crippen molar-refractivity contribution >= 4 is 20.3 Å². The third-order valence-electron chi connectivity index (χ3n) is 6.60. The van der Waals surface area contributed by atoms with Crippen LogP contribution < -0.4 is 60.9 Å². The molecule has 0 unspecified atom stereocenters. The molecule has 2 aliphatic heterocycles. The van der Waals surface area contributed by atoms with Gasteiger partial charge in [-0.05, 0) is 66.5 Å². The number of likely N-dealkylation sites (tertiary alicyclic amines) is 2. The van der Waals surface area contributed by atoms with Crippen molar-refractivity contribution in [1.29, 1.82) is 0 Å². The Kier molecular flexibility index (Phi) is 17.1. The summed E-state index contributed by atoms with van der Waals surface area (Å²) < 4.78 is 22.2. The van der Waals surface area contributed by atoms with Crippen LogP contribution in [-0.2, 0) is 9.47 Å². The minimum absolute atomic E-state index is 0. The first-order chi connectivity index (χ1) is 21.4. The molecule has 2 amide bonds. The first-order valence-electron chi connectivity index (χ1n) is 15.6. The first kappa shape index (κ1) is 43.4. The van der Waals surface area contributed by atoms with Gasteiger partial charge < -0.3 is 34.2 Å². The van der Waals surface area contributed by atoms with Crippen LogP contribution in [0, 0.1) is 23.8 Å². The molecule has 2 saturated heterocycles. The zero-order valence-corrected chi connectivity index (χ0v) is 34.2. The molecule has 4 heterocycles. The maximum absolute atomic E-state index is 12.1. The Morgan fingerprint density at radius 2 is 1.23 bits per heavy atom. The Balaban J connectivity index is 0.000000467. The van der Waals surface area contributed by atoms with Crippen LogP contribution in [0.4, 0.5) is 9.59 Å². The second kappa shape index (κ2) is 18.9. The molecule has 2 atom stereocenters. The van der Waals surface area contributed by atoms with Gasteiger partial charge in [-0.15, -0.1) is 12.0 Å². The number of aromatic nitrogens is 2. The minimum atomic E-state index is -1.42. The van der Waals surface area contributed by atoms with Crippen molar-refractivity contribution in [3.63, 3.8) is 0 Å². The number of pyridine rings is 2. The molecule has 2 fully saturated rings. The zero-order valence-electron chi connectivity index (χ0n) is 30.1. The van der Waals surface area contributed by atoms with Crippen LogP contribution in [0.2, 0.25) is 19.6 Å². The fourth-order valence-corrected chi connectivity index (χ4v) is 4.66. The summed E-state index contributed by atoms with van der Waals surface area (Å²) in [6.07, 6.45) is 13.2. The fourth-order valence-electron chi connectivity index (χ4n) is 4.14. The maximum atomic E-state index is 12.1. The molecule has 11 nitrogen and oxygen atoms in total. The molecule has 48 heavy (non-hydrogen) atoms. The molecule has 2 aromatic heterocycles. The van der Waals surface area contributed by atoms with E-state index in [4.69, 9.17) is 25.4 Å². The van der Waals surface area contributed by atoms with Crippen LogP contribution in [0.3, 0.4) is 0 Å². The second-order valence-electron chi connectivity index (χ2n) is 14.3. The average molecular weight is 705 g/mol. The van der Waals surface area contributed by atoms with Gasteiger partial charge in [0.1, 0.15) is 44.0 Å². The Hall–Kier alpha value is -2.63. The number of nitrogens with zero attached hydrogens (tertiary/aromatic N) is 4. The SMILES string of the molecule is C#Cc1cncc(OC[C@@H]2CCN2C(=O)OC(C)(C)C)c1.CC(C)(C)OC(=O)N1CC[C@H]1COc1cncc(C#C[Si](C)(C)C)c1.[K+].[OH-]. The van der Waals surface area contributed by atoms with Gasteiger partial charge in [-0.25, -0.2) is 9.59 Å². The third kappa shape index (κ3) is 15.3. The number of rotatable bonds is 6. The molecule has 4 rings (SSSR count). The molecule has 0 aliphatic carbocycles. The summed E-state index contributed by atoms with van der Waals surface area (Å²) in [5, 5.41) is 0. The molecule has 2 aliphatic rings. The number of carbonyl (C=O) groups excluding carboxylic acids is 2. The summed E-state index contributed by atoms with van der Waals surface area (Å²) in [6, 6.07) is 3.74. The van der Waals surface area contributed by atoms with E-state index in [1.54, 1.807) is 40.7 Å². The summed E-state index contributed by atoms with van der Waals surface area (Å²) >= 11 is 0. The molecule has 0 saturated carbocycles. The number of ether oxygens (including phenoxy) is 4. The summed E-state index contributed by atoms with van der Waals surface area (Å²) in [5.41, 5.74) is 3.89. The molecule has 0 aromatic carbocycles. The second-order valence-corrected chi connectivity index (χ2v) is 19.1. The molecule has 0 bridgehead atoms. The first-order valence-corrected chi connectivity index (χ1v) is 19.1. The van der Waals surface area contributed by atoms with Gasteiger partial charge in [0.05, 0.1) is 24.5 Å². The van der Waals surface area contributed by atoms with Crippen molar-refractivity contribution in [1.82, 2.24) is 19.8 Å². The molecule has 13 heteroatoms. The van der Waals surface area contributed by atoms with Gasteiger partial charge in [0.2, 0.25) is 0 Å². The molecular weight excluding hydrogens is 656 g/mol. The van der Waals surface area contributed by atoms with Gasteiger partial charge in [-0.1, -0.05) is 31.5 Å². The quantitative estimate of drug-likeness (QED) is 0.329. The predicted molar refractivity (Wildman–Crippen MR) is 182 cm³/mol. The molecule has 0 radical (unpaired) electrons. The van der Waals surface area contributed by atoms with Crippen LogP contribution in [0.25, 0.3) is 0 Å². The number of carbonyl (C=O) groups is 2. The van der Waals surface area contributed by atoms with Crippen molar-refractivity contribution in [2.24, 2.45) is 0 Å². The van der Waals surface area contributed by atoms with Crippen LogP contribution >= 0.6 is 0 Å². The van der Waals surface area contributed by atoms with Gasteiger partial charge >= 0.3 is 63.6 Å². The van der Waals surface area contributed by atoms with E-state index < -0.39 is 19.3 Å². The topological polar surface area (TPSA) is 133 Å². The van der Waals surface area contributed by atoms with Crippen molar-refractivity contribution < 1.29 is 85.4 Å². The van der Waals surface area contributed by atoms with Crippen LogP contribution in [0.1, 0.15) is 65.5 Å². The number of amides is 2. The molecule has 2 aromatic rings. The van der Waals surface area contributed by atoms with Crippen LogP contribution in [0.15, 0.2) is 36.9 Å². The van der Waals surface area contributed by atoms with Crippen molar-refractivity contribution in [3.05, 3.63) is 48.0 Å². The number of terminal acetylenes is 1. The largest absolute Gasteiger partial charge is 1.00 e. The van der Waals surface area contributed by atoms with Crippen molar-refractivity contribution in [2.75, 3.05) is 26.3 Å². The van der Waals surface area contributed by atoms with Gasteiger partial charge in [0, 0.05) is 36.6 Å². The van der Waals surface area contributed by atoms with Crippen molar-refractivity contribution in [3.8, 4) is 35.3 Å². The Labute approximate surface area is 329 Å². The fraction of sp³-hybridized carbons (Fsp3) is 0.543. The number of hydrogen-bond donors (Lipinski definition) is 0. The number of hydrogen-bond acceptors (Lipinski definition) is 9. The van der Waals surface area contributed by atoms with Gasteiger partial charge in [-0.3, -0.25) is 9.97 Å². The van der Waals surface area contributed by atoms with E-state index in [-0.39, 0.29) is 81.1 Å². The summed E-state index contributed by atoms with van der Waals surface area (Å²) in [7, 11) is -1.42. The molecule has 1 N–H and O–H groups in total. The standard InChI is InChI=1S/C19H28N2O3Si.C16H20N2O3.K.H2O/c1-19(2,3)24-18(22)21-9-7-16(21)14-23-17-11-15(12-20-13-17)8-10-25(4,5)6;1-5-12-8-14(10-17-9-12)20-11-13-6-7-18(13)15(19)21-16(2,3)4;;/h11-13,16H,7,9,14H2,1-6H3;1,8-10,13H,6-7,11H2,2-4H3;;1H2/q;;+1;/p-1/t16-;13-;;/m00../s1. The Morgan fingerprint density at radius 3 is 1.58 bits per heavy atom. The predicted octanol–water partition coefficient (Wildman–Crippen LogP) is 2.98. The zero-order chi connectivity index (χ0) is 34.1. The van der Waals surface area contributed by atoms with E-state index in [9.17, 15) is 9.59 Å². The van der Waals surface area contributed by atoms with E-state index in [0.29, 0.717) is 43.4 Å². The monoisotopic (exact) mass is 704 g/mol. The summed E-state index contributed by atoms with van der Waals surface area (Å²) in [4.78, 5) is 35.7. The normalized spacial score (nSPS) is 16.7. The van der Waals surface area contributed by atoms with Gasteiger partial charge in [0.25, 0.3) is 0 Å². The van der Waals surface area contributed by atoms with Crippen LogP contribution in [-0.4, -0.2) is 95.1 Å². The van der Waals surface area contributed by atoms with E-state index in [2.05, 4.69) is 47.0 Å². The van der Waals surface area contributed by atoms with E-state index in [1.165, 1.54) is 0 Å². The molecule has 0 spiro atoms. The smallest absolute Gasteiger partial charge is 0.870 e.